The molecule has 3 rings (SSSR count). The number of hydrogen-bond donors (Lipinski definition) is 1. The van der Waals surface area contributed by atoms with E-state index in [0.717, 1.165) is 4.57 Å². The van der Waals surface area contributed by atoms with Gasteiger partial charge in [-0.2, -0.15) is 0 Å². The Kier molecular flexibility index (Phi) is 4.22. The number of aromatic nitrogens is 2. The second kappa shape index (κ2) is 6.33. The Morgan fingerprint density at radius 1 is 1.33 bits per heavy atom. The second-order valence-electron chi connectivity index (χ2n) is 5.03. The van der Waals surface area contributed by atoms with Crippen molar-refractivity contribution in [1.82, 2.24) is 9.55 Å². The van der Waals surface area contributed by atoms with Crippen LogP contribution in [-0.2, 0) is 4.74 Å². The predicted molar refractivity (Wildman–Crippen MR) is 91.4 cm³/mol. The number of carbonyl (C=O) groups is 2. The Morgan fingerprint density at radius 2 is 2.12 bits per heavy atom. The number of halogens is 1. The molecule has 0 radical (unpaired) electrons. The molecule has 2 heterocycles. The molecule has 0 saturated heterocycles. The molecule has 2 N–H and O–H groups in total. The number of pyridine rings is 1. The van der Waals surface area contributed by atoms with Crippen LogP contribution in [0.5, 0.6) is 0 Å². The molecule has 122 valence electrons. The van der Waals surface area contributed by atoms with Gasteiger partial charge in [-0.1, -0.05) is 11.6 Å². The number of benzene rings is 1. The Labute approximate surface area is 142 Å². The summed E-state index contributed by atoms with van der Waals surface area (Å²) in [5.41, 5.74) is 7.13. The highest BCUT2D eigenvalue weighted by molar-refractivity contribution is 6.31. The van der Waals surface area contributed by atoms with E-state index in [1.54, 1.807) is 43.5 Å². The molecule has 0 spiro atoms. The zero-order chi connectivity index (χ0) is 17.3. The van der Waals surface area contributed by atoms with Crippen LogP contribution in [0.25, 0.3) is 10.9 Å². The number of nitrogen functional groups attached to an aromatic ring is 1. The highest BCUT2D eigenvalue weighted by Gasteiger charge is 2.26. The van der Waals surface area contributed by atoms with Crippen LogP contribution in [0.3, 0.4) is 0 Å². The van der Waals surface area contributed by atoms with Gasteiger partial charge in [-0.15, -0.1) is 0 Å². The van der Waals surface area contributed by atoms with Crippen molar-refractivity contribution < 1.29 is 14.3 Å². The van der Waals surface area contributed by atoms with E-state index in [9.17, 15) is 9.59 Å². The number of nitrogens with two attached hydrogens (primary N) is 1. The molecule has 24 heavy (non-hydrogen) atoms. The van der Waals surface area contributed by atoms with Gasteiger partial charge in [0.2, 0.25) is 5.78 Å². The zero-order valence-corrected chi connectivity index (χ0v) is 13.6. The van der Waals surface area contributed by atoms with E-state index in [1.807, 2.05) is 0 Å². The standard InChI is InChI=1S/C17H14ClN3O3/c1-2-24-17(23)21-13-8-11(18)5-6-12(13)14(19)15(21)16(22)10-4-3-7-20-9-10/h3-9H,2,19H2,1H3. The van der Waals surface area contributed by atoms with Crippen LogP contribution >= 0.6 is 11.6 Å². The SMILES string of the molecule is CCOC(=O)n1c(C(=O)c2cccnc2)c(N)c2ccc(Cl)cc21. The van der Waals surface area contributed by atoms with Gasteiger partial charge in [0.05, 0.1) is 17.8 Å². The van der Waals surface area contributed by atoms with Gasteiger partial charge in [0.1, 0.15) is 5.69 Å². The first-order valence-corrected chi connectivity index (χ1v) is 7.63. The summed E-state index contributed by atoms with van der Waals surface area (Å²) in [5.74, 6) is -0.416. The first-order chi connectivity index (χ1) is 11.5. The van der Waals surface area contributed by atoms with Gasteiger partial charge < -0.3 is 10.5 Å². The van der Waals surface area contributed by atoms with E-state index in [2.05, 4.69) is 4.98 Å². The summed E-state index contributed by atoms with van der Waals surface area (Å²) in [6.07, 6.45) is 2.29. The quantitative estimate of drug-likeness (QED) is 0.735. The lowest BCUT2D eigenvalue weighted by Gasteiger charge is -2.09. The normalized spacial score (nSPS) is 10.8. The van der Waals surface area contributed by atoms with Gasteiger partial charge in [0.25, 0.3) is 0 Å². The highest BCUT2D eigenvalue weighted by atomic mass is 35.5. The van der Waals surface area contributed by atoms with Crippen molar-refractivity contribution in [3.05, 3.63) is 59.0 Å². The molecule has 3 aromatic rings. The van der Waals surface area contributed by atoms with Crippen LogP contribution in [-0.4, -0.2) is 28.0 Å². The summed E-state index contributed by atoms with van der Waals surface area (Å²) in [7, 11) is 0. The molecular weight excluding hydrogens is 330 g/mol. The topological polar surface area (TPSA) is 87.2 Å². The summed E-state index contributed by atoms with van der Waals surface area (Å²) in [4.78, 5) is 29.2. The number of ketones is 1. The molecular formula is C17H14ClN3O3. The number of nitrogens with zero attached hydrogens (tertiary/aromatic N) is 2. The molecule has 0 atom stereocenters. The number of rotatable bonds is 3. The van der Waals surface area contributed by atoms with Crippen molar-refractivity contribution in [2.45, 2.75) is 6.92 Å². The Balaban J connectivity index is 2.30. The number of carbonyl (C=O) groups excluding carboxylic acids is 2. The van der Waals surface area contributed by atoms with Gasteiger partial charge in [-0.05, 0) is 37.3 Å². The third kappa shape index (κ3) is 2.61. The number of fused-ring (bicyclic) bond motifs is 1. The van der Waals surface area contributed by atoms with Crippen LogP contribution in [0, 0.1) is 0 Å². The molecule has 0 aliphatic carbocycles. The smallest absolute Gasteiger partial charge is 0.419 e. The highest BCUT2D eigenvalue weighted by Crippen LogP contribution is 2.32. The summed E-state index contributed by atoms with van der Waals surface area (Å²) in [6.45, 7) is 1.85. The average molecular weight is 344 g/mol. The van der Waals surface area contributed by atoms with Gasteiger partial charge >= 0.3 is 6.09 Å². The maximum absolute atomic E-state index is 12.9. The fourth-order valence-electron chi connectivity index (χ4n) is 2.52. The van der Waals surface area contributed by atoms with E-state index in [0.29, 0.717) is 21.5 Å². The lowest BCUT2D eigenvalue weighted by Crippen LogP contribution is -2.20. The Hall–Kier alpha value is -2.86. The second-order valence-corrected chi connectivity index (χ2v) is 5.47. The molecule has 0 amide bonds. The van der Waals surface area contributed by atoms with Gasteiger partial charge in [-0.25, -0.2) is 9.36 Å². The Bertz CT molecular complexity index is 935. The summed E-state index contributed by atoms with van der Waals surface area (Å²) >= 11 is 6.03. The first-order valence-electron chi connectivity index (χ1n) is 7.26. The molecule has 7 heteroatoms. The predicted octanol–water partition coefficient (Wildman–Crippen LogP) is 3.51. The van der Waals surface area contributed by atoms with Crippen LogP contribution < -0.4 is 5.73 Å². The van der Waals surface area contributed by atoms with Gasteiger partial charge in [-0.3, -0.25) is 9.78 Å². The van der Waals surface area contributed by atoms with Crippen molar-refractivity contribution in [2.24, 2.45) is 0 Å². The average Bonchev–Trinajstić information content (AvgIpc) is 2.87. The third-order valence-corrected chi connectivity index (χ3v) is 3.79. The van der Waals surface area contributed by atoms with Gasteiger partial charge in [0, 0.05) is 28.4 Å². The van der Waals surface area contributed by atoms with Crippen LogP contribution in [0.15, 0.2) is 42.7 Å². The van der Waals surface area contributed by atoms with Crippen molar-refractivity contribution in [1.29, 1.82) is 0 Å². The van der Waals surface area contributed by atoms with Crippen molar-refractivity contribution in [2.75, 3.05) is 12.3 Å². The molecule has 6 nitrogen and oxygen atoms in total. The van der Waals surface area contributed by atoms with Crippen molar-refractivity contribution in [3.8, 4) is 0 Å². The number of ether oxygens (including phenoxy) is 1. The lowest BCUT2D eigenvalue weighted by atomic mass is 10.1. The first kappa shape index (κ1) is 16.0. The maximum Gasteiger partial charge on any atom is 0.419 e. The molecule has 2 aromatic heterocycles. The lowest BCUT2D eigenvalue weighted by molar-refractivity contribution is 0.102. The van der Waals surface area contributed by atoms with Crippen molar-refractivity contribution in [3.63, 3.8) is 0 Å². The van der Waals surface area contributed by atoms with Gasteiger partial charge in [0.15, 0.2) is 0 Å². The minimum absolute atomic E-state index is 0.0405. The summed E-state index contributed by atoms with van der Waals surface area (Å²) < 4.78 is 6.24. The fraction of sp³-hybridized carbons (Fsp3) is 0.118. The number of anilines is 1. The Morgan fingerprint density at radius 3 is 2.79 bits per heavy atom. The fourth-order valence-corrected chi connectivity index (χ4v) is 2.69. The van der Waals surface area contributed by atoms with E-state index in [-0.39, 0.29) is 18.0 Å². The van der Waals surface area contributed by atoms with E-state index < -0.39 is 11.9 Å². The monoisotopic (exact) mass is 343 g/mol. The summed E-state index contributed by atoms with van der Waals surface area (Å²) in [5, 5.41) is 0.977. The van der Waals surface area contributed by atoms with Crippen LogP contribution in [0.4, 0.5) is 10.5 Å². The minimum atomic E-state index is -0.686. The zero-order valence-electron chi connectivity index (χ0n) is 12.8. The van der Waals surface area contributed by atoms with E-state index >= 15 is 0 Å². The van der Waals surface area contributed by atoms with E-state index in [4.69, 9.17) is 22.1 Å². The van der Waals surface area contributed by atoms with Crippen molar-refractivity contribution >= 4 is 40.1 Å². The molecule has 1 aromatic carbocycles. The maximum atomic E-state index is 12.9. The number of hydrogen-bond acceptors (Lipinski definition) is 5. The van der Waals surface area contributed by atoms with E-state index in [1.165, 1.54) is 6.20 Å². The molecule has 0 aliphatic rings. The molecule has 0 unspecified atom stereocenters. The van der Waals surface area contributed by atoms with Crippen LogP contribution in [0.1, 0.15) is 23.0 Å². The molecule has 0 saturated carbocycles. The minimum Gasteiger partial charge on any atom is -0.449 e. The van der Waals surface area contributed by atoms with Crippen LogP contribution in [0.2, 0.25) is 5.02 Å². The molecule has 0 bridgehead atoms. The largest absolute Gasteiger partial charge is 0.449 e. The molecule has 0 fully saturated rings. The third-order valence-electron chi connectivity index (χ3n) is 3.56. The summed E-state index contributed by atoms with van der Waals surface area (Å²) in [6, 6.07) is 8.13. The molecule has 0 aliphatic heterocycles.